The Bertz CT molecular complexity index is 1230. The number of carbonyl (C=O) groups excluding carboxylic acids is 3. The first-order chi connectivity index (χ1) is 18.1. The van der Waals surface area contributed by atoms with Crippen molar-refractivity contribution in [1.82, 2.24) is 15.8 Å². The zero-order valence-corrected chi connectivity index (χ0v) is 19.9. The number of hydrogen-bond acceptors (Lipinski definition) is 7. The van der Waals surface area contributed by atoms with Crippen LogP contribution >= 0.6 is 0 Å². The van der Waals surface area contributed by atoms with Gasteiger partial charge in [0, 0.05) is 25.2 Å². The van der Waals surface area contributed by atoms with Gasteiger partial charge in [-0.1, -0.05) is 0 Å². The molecule has 1 unspecified atom stereocenters. The summed E-state index contributed by atoms with van der Waals surface area (Å²) in [5.41, 5.74) is 3.81. The second-order valence-corrected chi connectivity index (χ2v) is 8.53. The van der Waals surface area contributed by atoms with Crippen molar-refractivity contribution in [3.8, 4) is 0 Å². The Balaban J connectivity index is 1.37. The van der Waals surface area contributed by atoms with Crippen LogP contribution in [-0.4, -0.2) is 85.8 Å². The molecule has 0 aromatic heterocycles. The van der Waals surface area contributed by atoms with Crippen molar-refractivity contribution in [3.63, 3.8) is 0 Å². The summed E-state index contributed by atoms with van der Waals surface area (Å²) in [7, 11) is 0. The van der Waals surface area contributed by atoms with Gasteiger partial charge >= 0.3 is 18.5 Å². The smallest absolute Gasteiger partial charge is 0.414 e. The van der Waals surface area contributed by atoms with Crippen molar-refractivity contribution in [3.05, 3.63) is 59.4 Å². The lowest BCUT2D eigenvalue weighted by Gasteiger charge is -2.24. The molecule has 2 heterocycles. The minimum Gasteiger partial charge on any atom is -0.478 e. The van der Waals surface area contributed by atoms with Crippen LogP contribution in [0.25, 0.3) is 0 Å². The van der Waals surface area contributed by atoms with E-state index in [2.05, 4.69) is 5.43 Å². The molecule has 2 aromatic rings. The third-order valence-corrected chi connectivity index (χ3v) is 6.06. The Morgan fingerprint density at radius 2 is 1.79 bits per heavy atom. The number of hydrazine groups is 1. The third kappa shape index (κ3) is 5.96. The highest BCUT2D eigenvalue weighted by Crippen LogP contribution is 2.28. The summed E-state index contributed by atoms with van der Waals surface area (Å²) in [6, 6.07) is 9.70. The maximum absolute atomic E-state index is 15.1. The number of nitrogens with one attached hydrogen (secondary N) is 2. The van der Waals surface area contributed by atoms with Crippen molar-refractivity contribution in [2.45, 2.75) is 12.5 Å². The Kier molecular flexibility index (Phi) is 8.00. The van der Waals surface area contributed by atoms with Gasteiger partial charge in [0.2, 0.25) is 0 Å². The first kappa shape index (κ1) is 26.7. The summed E-state index contributed by atoms with van der Waals surface area (Å²) in [4.78, 5) is 50.0. The molecular formula is C24H24F3N5O6. The number of anilines is 2. The van der Waals surface area contributed by atoms with Crippen molar-refractivity contribution < 1.29 is 42.2 Å². The van der Waals surface area contributed by atoms with Gasteiger partial charge in [-0.05, 0) is 42.5 Å². The van der Waals surface area contributed by atoms with Crippen molar-refractivity contribution in [2.24, 2.45) is 0 Å². The van der Waals surface area contributed by atoms with E-state index in [1.165, 1.54) is 41.4 Å². The number of carboxylic acid groups (broad SMARTS) is 1. The molecule has 0 saturated carbocycles. The number of ether oxygens (including phenoxy) is 1. The first-order valence-corrected chi connectivity index (χ1v) is 11.6. The minimum absolute atomic E-state index is 0.0563. The van der Waals surface area contributed by atoms with Gasteiger partial charge in [-0.25, -0.2) is 19.4 Å². The Morgan fingerprint density at radius 1 is 1.08 bits per heavy atom. The number of carboxylic acids is 1. The molecule has 0 radical (unpaired) electrons. The average molecular weight is 535 g/mol. The molecule has 3 N–H and O–H groups in total. The van der Waals surface area contributed by atoms with E-state index in [0.717, 1.165) is 11.0 Å². The highest BCUT2D eigenvalue weighted by atomic mass is 19.3. The molecule has 1 atom stereocenters. The Labute approximate surface area is 214 Å². The van der Waals surface area contributed by atoms with E-state index >= 15 is 4.39 Å². The molecule has 2 saturated heterocycles. The van der Waals surface area contributed by atoms with Crippen LogP contribution in [0.1, 0.15) is 20.7 Å². The highest BCUT2D eigenvalue weighted by molar-refractivity contribution is 5.95. The van der Waals surface area contributed by atoms with E-state index in [0.29, 0.717) is 25.2 Å². The Morgan fingerprint density at radius 3 is 2.45 bits per heavy atom. The molecule has 3 amide bonds. The largest absolute Gasteiger partial charge is 0.478 e. The summed E-state index contributed by atoms with van der Waals surface area (Å²) in [5, 5.41) is 12.4. The summed E-state index contributed by atoms with van der Waals surface area (Å²) < 4.78 is 44.9. The number of nitrogens with zero attached hydrogens (tertiary/aromatic N) is 3. The fourth-order valence-electron chi connectivity index (χ4n) is 4.11. The lowest BCUT2D eigenvalue weighted by Crippen LogP contribution is -2.43. The third-order valence-electron chi connectivity index (χ3n) is 6.06. The predicted octanol–water partition coefficient (Wildman–Crippen LogP) is 1.70. The number of hydrogen-bond donors (Lipinski definition) is 3. The van der Waals surface area contributed by atoms with Gasteiger partial charge in [0.25, 0.3) is 11.8 Å². The fourth-order valence-corrected chi connectivity index (χ4v) is 4.11. The molecular weight excluding hydrogens is 511 g/mol. The van der Waals surface area contributed by atoms with Gasteiger partial charge in [0.1, 0.15) is 11.9 Å². The standard InChI is InChI=1S/C24H24F3N5O6/c25-18-11-16(31-13-17(38-24(31)37)12-28-21(33)20(26)27)5-6-19(18)30-8-7-29-32(10-9-30)22(34)14-1-3-15(4-2-14)23(35)36/h1-6,11,17,20,29H,7-10,12-13H2,(H,28,33)(H,35,36). The minimum atomic E-state index is -3.19. The summed E-state index contributed by atoms with van der Waals surface area (Å²) in [6.07, 6.45) is -4.85. The number of halogens is 3. The molecule has 2 aliphatic rings. The average Bonchev–Trinajstić information content (AvgIpc) is 3.10. The zero-order valence-electron chi connectivity index (χ0n) is 19.9. The normalized spacial score (nSPS) is 17.8. The highest BCUT2D eigenvalue weighted by Gasteiger charge is 2.33. The number of cyclic esters (lactones) is 1. The second-order valence-electron chi connectivity index (χ2n) is 8.53. The van der Waals surface area contributed by atoms with E-state index in [1.807, 2.05) is 5.32 Å². The quantitative estimate of drug-likeness (QED) is 0.488. The van der Waals surface area contributed by atoms with Crippen molar-refractivity contribution in [1.29, 1.82) is 0 Å². The van der Waals surface area contributed by atoms with E-state index in [-0.39, 0.29) is 42.5 Å². The molecule has 2 aromatic carbocycles. The number of carbonyl (C=O) groups is 4. The lowest BCUT2D eigenvalue weighted by molar-refractivity contribution is -0.132. The molecule has 4 rings (SSSR count). The number of alkyl halides is 2. The molecule has 0 spiro atoms. The van der Waals surface area contributed by atoms with Gasteiger partial charge in [-0.2, -0.15) is 8.78 Å². The maximum Gasteiger partial charge on any atom is 0.414 e. The fraction of sp³-hybridized carbons (Fsp3) is 0.333. The molecule has 14 heteroatoms. The Hall–Kier alpha value is -4.33. The van der Waals surface area contributed by atoms with E-state index in [9.17, 15) is 28.0 Å². The second kappa shape index (κ2) is 11.4. The van der Waals surface area contributed by atoms with E-state index < -0.39 is 36.3 Å². The van der Waals surface area contributed by atoms with Crippen LogP contribution in [0.3, 0.4) is 0 Å². The molecule has 2 fully saturated rings. The van der Waals surface area contributed by atoms with Crippen LogP contribution in [0.5, 0.6) is 0 Å². The zero-order chi connectivity index (χ0) is 27.4. The van der Waals surface area contributed by atoms with Crippen molar-refractivity contribution in [2.75, 3.05) is 49.1 Å². The van der Waals surface area contributed by atoms with E-state index in [1.54, 1.807) is 4.90 Å². The summed E-state index contributed by atoms with van der Waals surface area (Å²) in [5.74, 6) is -3.54. The van der Waals surface area contributed by atoms with Gasteiger partial charge in [-0.15, -0.1) is 0 Å². The lowest BCUT2D eigenvalue weighted by atomic mass is 10.1. The molecule has 2 aliphatic heterocycles. The summed E-state index contributed by atoms with van der Waals surface area (Å²) >= 11 is 0. The van der Waals surface area contributed by atoms with E-state index in [4.69, 9.17) is 9.84 Å². The molecule has 202 valence electrons. The van der Waals surface area contributed by atoms with Crippen LogP contribution in [0.4, 0.5) is 29.3 Å². The topological polar surface area (TPSA) is 132 Å². The number of aromatic carboxylic acids is 1. The summed E-state index contributed by atoms with van der Waals surface area (Å²) in [6.45, 7) is 0.844. The molecule has 0 bridgehead atoms. The SMILES string of the molecule is O=C(O)c1ccc(C(=O)N2CCN(c3ccc(N4CC(CNC(=O)C(F)F)OC4=O)cc3F)CCN2)cc1. The number of benzene rings is 2. The van der Waals surface area contributed by atoms with Crippen LogP contribution in [-0.2, 0) is 9.53 Å². The molecule has 11 nitrogen and oxygen atoms in total. The van der Waals surface area contributed by atoms with Crippen LogP contribution in [0, 0.1) is 5.82 Å². The van der Waals surface area contributed by atoms with Gasteiger partial charge < -0.3 is 20.1 Å². The van der Waals surface area contributed by atoms with Gasteiger partial charge in [0.05, 0.1) is 36.6 Å². The van der Waals surface area contributed by atoms with Crippen LogP contribution in [0.15, 0.2) is 42.5 Å². The van der Waals surface area contributed by atoms with Gasteiger partial charge in [0.15, 0.2) is 0 Å². The van der Waals surface area contributed by atoms with Gasteiger partial charge in [-0.3, -0.25) is 19.5 Å². The van der Waals surface area contributed by atoms with Crippen molar-refractivity contribution >= 4 is 35.3 Å². The first-order valence-electron chi connectivity index (χ1n) is 11.6. The molecule has 0 aliphatic carbocycles. The van der Waals surface area contributed by atoms with Crippen LogP contribution in [0.2, 0.25) is 0 Å². The predicted molar refractivity (Wildman–Crippen MR) is 128 cm³/mol. The number of amides is 3. The monoisotopic (exact) mass is 535 g/mol. The number of rotatable bonds is 7. The van der Waals surface area contributed by atoms with Crippen LogP contribution < -0.4 is 20.5 Å². The maximum atomic E-state index is 15.1. The molecule has 38 heavy (non-hydrogen) atoms.